The lowest BCUT2D eigenvalue weighted by Crippen LogP contribution is -2.48. The van der Waals surface area contributed by atoms with Gasteiger partial charge in [-0.2, -0.15) is 0 Å². The van der Waals surface area contributed by atoms with Gasteiger partial charge in [0, 0.05) is 53.2 Å². The first kappa shape index (κ1) is 71.0. The summed E-state index contributed by atoms with van der Waals surface area (Å²) < 4.78 is 34.0. The summed E-state index contributed by atoms with van der Waals surface area (Å²) in [5, 5.41) is 3.35. The third kappa shape index (κ3) is 17.6. The van der Waals surface area contributed by atoms with Gasteiger partial charge in [0.1, 0.15) is 40.5 Å². The molecule has 0 aliphatic carbocycles. The summed E-state index contributed by atoms with van der Waals surface area (Å²) in [5.74, 6) is -2.92. The number of amides is 3. The number of esters is 3. The topological polar surface area (TPSA) is 236 Å². The van der Waals surface area contributed by atoms with E-state index < -0.39 is 89.9 Å². The quantitative estimate of drug-likeness (QED) is 0.0370. The Bertz CT molecular complexity index is 3970. The fraction of sp³-hybridized carbons (Fsp3) is 0.455. The zero-order valence-corrected chi connectivity index (χ0v) is 57.4. The van der Waals surface area contributed by atoms with Gasteiger partial charge in [0.15, 0.2) is 36.3 Å². The molecule has 3 aliphatic heterocycles. The Hall–Kier alpha value is -9.26. The minimum absolute atomic E-state index is 0.0853. The van der Waals surface area contributed by atoms with E-state index in [4.69, 9.17) is 28.4 Å². The van der Waals surface area contributed by atoms with Gasteiger partial charge in [-0.3, -0.25) is 33.9 Å². The van der Waals surface area contributed by atoms with Gasteiger partial charge in [-0.1, -0.05) is 97.1 Å². The van der Waals surface area contributed by atoms with Crippen LogP contribution in [-0.4, -0.2) is 146 Å². The van der Waals surface area contributed by atoms with E-state index in [1.807, 2.05) is 93.6 Å². The van der Waals surface area contributed by atoms with Gasteiger partial charge in [0.05, 0.1) is 0 Å². The molecule has 9 rings (SSSR count). The lowest BCUT2D eigenvalue weighted by Gasteiger charge is -2.33. The molecule has 6 aromatic rings. The van der Waals surface area contributed by atoms with Crippen molar-refractivity contribution in [1.82, 2.24) is 14.7 Å². The maximum Gasteiger partial charge on any atom is 0.411 e. The Balaban J connectivity index is 0.708. The highest BCUT2D eigenvalue weighted by Gasteiger charge is 2.46. The van der Waals surface area contributed by atoms with Crippen LogP contribution in [0.15, 0.2) is 121 Å². The molecule has 6 atom stereocenters. The Kier molecular flexibility index (Phi) is 21.5. The van der Waals surface area contributed by atoms with E-state index in [2.05, 4.69) is 0 Å². The second-order valence-electron chi connectivity index (χ2n) is 28.9. The molecule has 19 nitrogen and oxygen atoms in total. The predicted molar refractivity (Wildman–Crippen MR) is 363 cm³/mol. The van der Waals surface area contributed by atoms with Crippen molar-refractivity contribution in [3.05, 3.63) is 144 Å². The first-order valence-corrected chi connectivity index (χ1v) is 33.1. The maximum atomic E-state index is 13.9. The largest absolute Gasteiger partial charge is 0.458 e. The molecular weight excluding hydrogens is 1220 g/mol. The molecule has 0 spiro atoms. The van der Waals surface area contributed by atoms with Crippen LogP contribution in [-0.2, 0) is 42.8 Å². The number of likely N-dealkylation sites (tertiary alicyclic amines) is 3. The van der Waals surface area contributed by atoms with Crippen LogP contribution >= 0.6 is 0 Å². The third-order valence-corrected chi connectivity index (χ3v) is 18.0. The van der Waals surface area contributed by atoms with Crippen molar-refractivity contribution >= 4 is 80.9 Å². The van der Waals surface area contributed by atoms with Crippen LogP contribution < -0.4 is 0 Å². The Morgan fingerprint density at radius 3 is 1.01 bits per heavy atom. The van der Waals surface area contributed by atoms with Crippen molar-refractivity contribution in [3.8, 4) is 22.3 Å². The van der Waals surface area contributed by atoms with Gasteiger partial charge < -0.3 is 28.4 Å². The van der Waals surface area contributed by atoms with Crippen LogP contribution in [0.4, 0.5) is 14.4 Å². The molecule has 2 unspecified atom stereocenters. The van der Waals surface area contributed by atoms with E-state index in [0.717, 1.165) is 43.8 Å². The Labute approximate surface area is 561 Å². The van der Waals surface area contributed by atoms with E-state index in [1.165, 1.54) is 14.7 Å². The van der Waals surface area contributed by atoms with Crippen molar-refractivity contribution in [2.24, 2.45) is 0 Å². The van der Waals surface area contributed by atoms with E-state index >= 15 is 0 Å². The number of carbonyl (C=O) groups excluding carboxylic acids is 10. The number of nitrogens with zero attached hydrogens (tertiary/aromatic N) is 3. The van der Waals surface area contributed by atoms with Gasteiger partial charge in [-0.15, -0.1) is 0 Å². The maximum absolute atomic E-state index is 13.9. The third-order valence-electron chi connectivity index (χ3n) is 18.0. The Morgan fingerprint density at radius 2 is 0.646 bits per heavy atom. The highest BCUT2D eigenvalue weighted by atomic mass is 16.6. The molecule has 0 saturated carbocycles. The van der Waals surface area contributed by atoms with Crippen LogP contribution in [0.25, 0.3) is 43.8 Å². The summed E-state index contributed by atoms with van der Waals surface area (Å²) in [6, 6.07) is 33.2. The highest BCUT2D eigenvalue weighted by molar-refractivity contribution is 6.04. The number of fused-ring (bicyclic) bond motifs is 2. The normalized spacial score (nSPS) is 19.0. The fourth-order valence-corrected chi connectivity index (χ4v) is 12.6. The van der Waals surface area contributed by atoms with Crippen molar-refractivity contribution in [1.29, 1.82) is 0 Å². The number of carbonyl (C=O) groups is 10. The highest BCUT2D eigenvalue weighted by Crippen LogP contribution is 2.35. The fourth-order valence-electron chi connectivity index (χ4n) is 12.6. The molecule has 19 heteroatoms. The van der Waals surface area contributed by atoms with Gasteiger partial charge in [-0.05, 0) is 209 Å². The van der Waals surface area contributed by atoms with Crippen molar-refractivity contribution in [2.45, 2.75) is 213 Å². The molecule has 0 N–H and O–H groups in total. The molecule has 6 aromatic carbocycles. The lowest BCUT2D eigenvalue weighted by molar-refractivity contribution is -0.162. The number of hydrogen-bond donors (Lipinski definition) is 0. The second kappa shape index (κ2) is 29.0. The zero-order valence-electron chi connectivity index (χ0n) is 57.4. The number of Topliss-reactive ketones (excluding diaryl/α,β-unsaturated/α-hetero) is 4. The average Bonchev–Trinajstić information content (AvgIpc) is 1.21. The molecule has 0 radical (unpaired) electrons. The molecule has 508 valence electrons. The van der Waals surface area contributed by atoms with Crippen molar-refractivity contribution in [3.63, 3.8) is 0 Å². The van der Waals surface area contributed by atoms with E-state index in [0.29, 0.717) is 60.8 Å². The van der Waals surface area contributed by atoms with Gasteiger partial charge in [0.2, 0.25) is 0 Å². The average molecular weight is 1310 g/mol. The van der Waals surface area contributed by atoms with Crippen LogP contribution in [0.1, 0.15) is 196 Å². The number of ether oxygens (including phenoxy) is 6. The SMILES string of the molecule is CC1CCC(C(=O)OC(C)(C)CCC(=O)c2ccc(-c3ccc4cc(C(=O)COC(=O)[C@@H]5CC[C@H](C)N5C(=O)OC(C)(C)C)ccc4c3)cc2)N1C(=O)OC(C)(C)CCC(=O)c1ccc(-c2ccc3cc(C(=O)COC(=O)[C@@H]4CC[C@H](C)N4C(=O)OC(C)(C)C)ccc3c2)cc1. The van der Waals surface area contributed by atoms with Crippen LogP contribution in [0.3, 0.4) is 0 Å². The minimum Gasteiger partial charge on any atom is -0.458 e. The predicted octanol–water partition coefficient (Wildman–Crippen LogP) is 15.1. The van der Waals surface area contributed by atoms with Gasteiger partial charge in [0.25, 0.3) is 0 Å². The smallest absolute Gasteiger partial charge is 0.411 e. The number of hydrogen-bond acceptors (Lipinski definition) is 16. The monoisotopic (exact) mass is 1310 g/mol. The summed E-state index contributed by atoms with van der Waals surface area (Å²) in [4.78, 5) is 138. The van der Waals surface area contributed by atoms with Crippen molar-refractivity contribution < 1.29 is 76.4 Å². The summed E-state index contributed by atoms with van der Waals surface area (Å²) in [6.07, 6.45) is 1.68. The standard InChI is InChI=1S/C77H89N3O16/c1-46-14-33-61(78(46)71(88)94-74(4,5)6)68(85)91-44-66(83)59-31-29-55-40-53(25-27-57(55)42-59)49-17-21-51(22-18-49)64(81)36-38-76(10,11)93-70(87)63-35-16-48(3)80(63)73(90)96-77(12,13)39-37-65(82)52-23-19-50(20-24-52)54-26-28-58-43-60(32-30-56(58)41-54)67(84)45-92-69(86)62-34-15-47(2)79(62)72(89)95-75(7,8)9/h17-32,40-43,46-48,61-63H,14-16,33-39,44-45H2,1-13H3/t46-,47-,48?,61-,62-,63?/m0/s1. The van der Waals surface area contributed by atoms with Gasteiger partial charge >= 0.3 is 36.2 Å². The number of ketones is 4. The molecule has 3 heterocycles. The van der Waals surface area contributed by atoms with E-state index in [9.17, 15) is 47.9 Å². The first-order chi connectivity index (χ1) is 45.1. The van der Waals surface area contributed by atoms with E-state index in [-0.39, 0.29) is 66.9 Å². The molecule has 96 heavy (non-hydrogen) atoms. The van der Waals surface area contributed by atoms with Crippen LogP contribution in [0.5, 0.6) is 0 Å². The first-order valence-electron chi connectivity index (χ1n) is 33.1. The Morgan fingerprint density at radius 1 is 0.344 bits per heavy atom. The van der Waals surface area contributed by atoms with E-state index in [1.54, 1.807) is 118 Å². The minimum atomic E-state index is -1.07. The van der Waals surface area contributed by atoms with Crippen LogP contribution in [0, 0.1) is 0 Å². The summed E-state index contributed by atoms with van der Waals surface area (Å²) in [7, 11) is 0. The molecule has 0 aromatic heterocycles. The van der Waals surface area contributed by atoms with Crippen LogP contribution in [0.2, 0.25) is 0 Å². The molecule has 3 aliphatic rings. The summed E-state index contributed by atoms with van der Waals surface area (Å²) >= 11 is 0. The zero-order chi connectivity index (χ0) is 69.8. The summed E-state index contributed by atoms with van der Waals surface area (Å²) in [6.45, 7) is 22.1. The van der Waals surface area contributed by atoms with Crippen molar-refractivity contribution in [2.75, 3.05) is 13.2 Å². The molecule has 3 fully saturated rings. The second-order valence-corrected chi connectivity index (χ2v) is 28.9. The lowest BCUT2D eigenvalue weighted by atomic mass is 9.95. The molecule has 3 saturated heterocycles. The number of benzene rings is 6. The summed E-state index contributed by atoms with van der Waals surface area (Å²) in [5.41, 5.74) is 1.65. The van der Waals surface area contributed by atoms with Gasteiger partial charge in [-0.25, -0.2) is 28.8 Å². The molecule has 0 bridgehead atoms. The molecular formula is C77H89N3O16. The molecule has 3 amide bonds. The number of rotatable bonds is 21.